The van der Waals surface area contributed by atoms with Gasteiger partial charge in [0.1, 0.15) is 11.1 Å². The number of ketones is 1. The number of hydrogen-bond donors (Lipinski definition) is 1. The number of aromatic nitrogens is 4. The van der Waals surface area contributed by atoms with Gasteiger partial charge >= 0.3 is 0 Å². The highest BCUT2D eigenvalue weighted by atomic mass is 32.2. The van der Waals surface area contributed by atoms with Crippen LogP contribution in [0.5, 0.6) is 0 Å². The van der Waals surface area contributed by atoms with Crippen LogP contribution in [-0.2, 0) is 7.05 Å². The van der Waals surface area contributed by atoms with E-state index in [0.717, 1.165) is 27.4 Å². The normalized spacial score (nSPS) is 12.4. The first-order chi connectivity index (χ1) is 12.6. The SMILES string of the molecule is Cc1nnc(S[C@H](C(=O)c2c[nH]c3ccccc23)c2ccccc2)n1C. The topological polar surface area (TPSA) is 63.6 Å². The average molecular weight is 362 g/mol. The molecular weight excluding hydrogens is 344 g/mol. The molecule has 0 fully saturated rings. The van der Waals surface area contributed by atoms with Gasteiger partial charge in [-0.05, 0) is 18.6 Å². The fourth-order valence-corrected chi connectivity index (χ4v) is 4.03. The zero-order valence-electron chi connectivity index (χ0n) is 14.5. The number of nitrogens with zero attached hydrogens (tertiary/aromatic N) is 3. The monoisotopic (exact) mass is 362 g/mol. The standard InChI is InChI=1S/C20H18N4OS/c1-13-22-23-20(24(13)2)26-19(14-8-4-3-5-9-14)18(25)16-12-21-17-11-7-6-10-15(16)17/h3-12,19,21H,1-2H3/t19-/m0/s1. The molecule has 0 aliphatic rings. The summed E-state index contributed by atoms with van der Waals surface area (Å²) in [7, 11) is 1.91. The van der Waals surface area contributed by atoms with Crippen LogP contribution >= 0.6 is 11.8 Å². The number of thioether (sulfide) groups is 1. The van der Waals surface area contributed by atoms with Gasteiger partial charge in [0, 0.05) is 29.7 Å². The van der Waals surface area contributed by atoms with E-state index in [1.54, 1.807) is 6.20 Å². The smallest absolute Gasteiger partial charge is 0.191 e. The Bertz CT molecular complexity index is 1070. The predicted octanol–water partition coefficient (Wildman–Crippen LogP) is 4.32. The fraction of sp³-hybridized carbons (Fsp3) is 0.150. The van der Waals surface area contributed by atoms with Crippen molar-refractivity contribution in [2.45, 2.75) is 17.3 Å². The van der Waals surface area contributed by atoms with E-state index < -0.39 is 5.25 Å². The molecule has 1 atom stereocenters. The molecule has 130 valence electrons. The van der Waals surface area contributed by atoms with Gasteiger partial charge in [0.2, 0.25) is 0 Å². The molecule has 2 aromatic carbocycles. The summed E-state index contributed by atoms with van der Waals surface area (Å²) < 4.78 is 1.91. The van der Waals surface area contributed by atoms with Crippen molar-refractivity contribution in [2.24, 2.45) is 7.05 Å². The van der Waals surface area contributed by atoms with Gasteiger partial charge in [-0.1, -0.05) is 60.3 Å². The largest absolute Gasteiger partial charge is 0.360 e. The number of nitrogens with one attached hydrogen (secondary N) is 1. The van der Waals surface area contributed by atoms with Gasteiger partial charge in [0.25, 0.3) is 0 Å². The molecule has 6 heteroatoms. The summed E-state index contributed by atoms with van der Waals surface area (Å²) >= 11 is 1.43. The van der Waals surface area contributed by atoms with E-state index >= 15 is 0 Å². The molecule has 26 heavy (non-hydrogen) atoms. The van der Waals surface area contributed by atoms with Crippen LogP contribution in [0.3, 0.4) is 0 Å². The lowest BCUT2D eigenvalue weighted by molar-refractivity contribution is 0.0991. The first kappa shape index (κ1) is 16.6. The third-order valence-corrected chi connectivity index (χ3v) is 5.76. The highest BCUT2D eigenvalue weighted by Crippen LogP contribution is 2.38. The second-order valence-corrected chi connectivity index (χ2v) is 7.18. The molecule has 5 nitrogen and oxygen atoms in total. The summed E-state index contributed by atoms with van der Waals surface area (Å²) in [4.78, 5) is 16.6. The van der Waals surface area contributed by atoms with Crippen LogP contribution in [0.1, 0.15) is 27.0 Å². The predicted molar refractivity (Wildman–Crippen MR) is 103 cm³/mol. The molecule has 0 spiro atoms. The summed E-state index contributed by atoms with van der Waals surface area (Å²) in [6, 6.07) is 17.7. The summed E-state index contributed by atoms with van der Waals surface area (Å²) in [6.45, 7) is 1.90. The minimum absolute atomic E-state index is 0.0549. The molecule has 1 N–H and O–H groups in total. The van der Waals surface area contributed by atoms with Crippen molar-refractivity contribution >= 4 is 28.4 Å². The van der Waals surface area contributed by atoms with Gasteiger partial charge in [-0.15, -0.1) is 10.2 Å². The van der Waals surface area contributed by atoms with Crippen LogP contribution in [0.2, 0.25) is 0 Å². The molecule has 4 rings (SSSR count). The molecular formula is C20H18N4OS. The van der Waals surface area contributed by atoms with Crippen molar-refractivity contribution in [3.8, 4) is 0 Å². The minimum Gasteiger partial charge on any atom is -0.360 e. The molecule has 0 saturated carbocycles. The summed E-state index contributed by atoms with van der Waals surface area (Å²) in [5.41, 5.74) is 2.61. The maximum absolute atomic E-state index is 13.4. The zero-order chi connectivity index (χ0) is 18.1. The van der Waals surface area contributed by atoms with Gasteiger partial charge in [0.05, 0.1) is 0 Å². The number of aromatic amines is 1. The van der Waals surface area contributed by atoms with E-state index in [2.05, 4.69) is 15.2 Å². The number of fused-ring (bicyclic) bond motifs is 1. The Morgan fingerprint density at radius 1 is 1.08 bits per heavy atom. The lowest BCUT2D eigenvalue weighted by Crippen LogP contribution is -2.11. The van der Waals surface area contributed by atoms with E-state index in [9.17, 15) is 4.79 Å². The quantitative estimate of drug-likeness (QED) is 0.424. The molecule has 0 radical (unpaired) electrons. The van der Waals surface area contributed by atoms with Crippen LogP contribution in [0.25, 0.3) is 10.9 Å². The molecule has 0 aliphatic carbocycles. The average Bonchev–Trinajstić information content (AvgIpc) is 3.24. The summed E-state index contributed by atoms with van der Waals surface area (Å²) in [5, 5.41) is 9.61. The first-order valence-electron chi connectivity index (χ1n) is 8.33. The maximum atomic E-state index is 13.4. The van der Waals surface area contributed by atoms with Gasteiger partial charge in [-0.2, -0.15) is 0 Å². The van der Waals surface area contributed by atoms with Crippen LogP contribution < -0.4 is 0 Å². The number of H-pyrrole nitrogens is 1. The Morgan fingerprint density at radius 3 is 2.54 bits per heavy atom. The molecule has 0 unspecified atom stereocenters. The maximum Gasteiger partial charge on any atom is 0.191 e. The Balaban J connectivity index is 1.77. The van der Waals surface area contributed by atoms with Gasteiger partial charge in [-0.25, -0.2) is 0 Å². The van der Waals surface area contributed by atoms with Crippen LogP contribution in [0, 0.1) is 6.92 Å². The number of hydrogen-bond acceptors (Lipinski definition) is 4. The Labute approximate surface area is 155 Å². The Hall–Kier alpha value is -2.86. The molecule has 4 aromatic rings. The number of para-hydroxylation sites is 1. The van der Waals surface area contributed by atoms with Gasteiger partial charge < -0.3 is 9.55 Å². The van der Waals surface area contributed by atoms with Crippen molar-refractivity contribution in [1.82, 2.24) is 19.7 Å². The number of carbonyl (C=O) groups excluding carboxylic acids is 1. The van der Waals surface area contributed by atoms with Crippen molar-refractivity contribution in [3.63, 3.8) is 0 Å². The number of Topliss-reactive ketones (excluding diaryl/α,β-unsaturated/α-hetero) is 1. The number of rotatable bonds is 5. The number of aryl methyl sites for hydroxylation is 1. The zero-order valence-corrected chi connectivity index (χ0v) is 15.3. The lowest BCUT2D eigenvalue weighted by atomic mass is 10.0. The van der Waals surface area contributed by atoms with Crippen molar-refractivity contribution in [3.05, 3.63) is 77.7 Å². The molecule has 2 aromatic heterocycles. The second-order valence-electron chi connectivity index (χ2n) is 6.11. The molecule has 2 heterocycles. The van der Waals surface area contributed by atoms with Crippen LogP contribution in [0.15, 0.2) is 66.0 Å². The van der Waals surface area contributed by atoms with E-state index in [0.29, 0.717) is 5.56 Å². The van der Waals surface area contributed by atoms with Crippen molar-refractivity contribution in [1.29, 1.82) is 0 Å². The van der Waals surface area contributed by atoms with E-state index in [1.807, 2.05) is 73.1 Å². The third-order valence-electron chi connectivity index (χ3n) is 4.47. The second kappa shape index (κ2) is 6.80. The van der Waals surface area contributed by atoms with Crippen molar-refractivity contribution < 1.29 is 4.79 Å². The van der Waals surface area contributed by atoms with E-state index in [4.69, 9.17) is 0 Å². The molecule has 0 amide bonds. The number of benzene rings is 2. The summed E-state index contributed by atoms with van der Waals surface area (Å²) in [6.07, 6.45) is 1.80. The van der Waals surface area contributed by atoms with Gasteiger partial charge in [0.15, 0.2) is 10.9 Å². The molecule has 0 bridgehead atoms. The summed E-state index contributed by atoms with van der Waals surface area (Å²) in [5.74, 6) is 0.873. The van der Waals surface area contributed by atoms with E-state index in [-0.39, 0.29) is 5.78 Å². The van der Waals surface area contributed by atoms with Crippen molar-refractivity contribution in [2.75, 3.05) is 0 Å². The highest BCUT2D eigenvalue weighted by Gasteiger charge is 2.27. The first-order valence-corrected chi connectivity index (χ1v) is 9.21. The Kier molecular flexibility index (Phi) is 4.34. The lowest BCUT2D eigenvalue weighted by Gasteiger charge is -2.15. The van der Waals surface area contributed by atoms with Crippen LogP contribution in [-0.4, -0.2) is 25.5 Å². The van der Waals surface area contributed by atoms with E-state index in [1.165, 1.54) is 11.8 Å². The Morgan fingerprint density at radius 2 is 1.81 bits per heavy atom. The van der Waals surface area contributed by atoms with Crippen LogP contribution in [0.4, 0.5) is 0 Å². The number of carbonyl (C=O) groups is 1. The molecule has 0 aliphatic heterocycles. The fourth-order valence-electron chi connectivity index (χ4n) is 2.91. The highest BCUT2D eigenvalue weighted by molar-refractivity contribution is 8.00. The van der Waals surface area contributed by atoms with Gasteiger partial charge in [-0.3, -0.25) is 4.79 Å². The third kappa shape index (κ3) is 2.93. The molecule has 0 saturated heterocycles. The minimum atomic E-state index is -0.391.